The van der Waals surface area contributed by atoms with Gasteiger partial charge in [-0.15, -0.1) is 0 Å². The average Bonchev–Trinajstić information content (AvgIpc) is 2.54. The van der Waals surface area contributed by atoms with Crippen LogP contribution < -0.4 is 15.4 Å². The zero-order valence-corrected chi connectivity index (χ0v) is 11.6. The fourth-order valence-corrected chi connectivity index (χ4v) is 2.68. The van der Waals surface area contributed by atoms with E-state index in [0.29, 0.717) is 11.8 Å². The Labute approximate surface area is 118 Å². The van der Waals surface area contributed by atoms with E-state index in [4.69, 9.17) is 10.5 Å². The van der Waals surface area contributed by atoms with Gasteiger partial charge in [0.25, 0.3) is 0 Å². The Hall–Kier alpha value is -1.95. The standard InChI is InChI=1S/C14H19N5O/c1-20-14-12-9-17-16-8-11(12)6-13(18-14)19-4-2-10(7-15)3-5-19/h6,8-10H,2-5,7,15H2,1H3. The minimum Gasteiger partial charge on any atom is -0.480 e. The number of nitrogens with two attached hydrogens (primary N) is 1. The van der Waals surface area contributed by atoms with Gasteiger partial charge in [-0.3, -0.25) is 0 Å². The van der Waals surface area contributed by atoms with E-state index in [1.807, 2.05) is 0 Å². The van der Waals surface area contributed by atoms with Gasteiger partial charge in [0.05, 0.1) is 24.9 Å². The van der Waals surface area contributed by atoms with Crippen LogP contribution in [-0.4, -0.2) is 41.9 Å². The van der Waals surface area contributed by atoms with Crippen molar-refractivity contribution < 1.29 is 4.74 Å². The number of anilines is 1. The number of hydrogen-bond donors (Lipinski definition) is 1. The Morgan fingerprint density at radius 2 is 2.05 bits per heavy atom. The van der Waals surface area contributed by atoms with Gasteiger partial charge in [-0.2, -0.15) is 15.2 Å². The fourth-order valence-electron chi connectivity index (χ4n) is 2.68. The second kappa shape index (κ2) is 5.58. The Balaban J connectivity index is 1.92. The minimum atomic E-state index is 0.605. The highest BCUT2D eigenvalue weighted by atomic mass is 16.5. The van der Waals surface area contributed by atoms with Crippen molar-refractivity contribution in [1.29, 1.82) is 0 Å². The van der Waals surface area contributed by atoms with Gasteiger partial charge in [0.2, 0.25) is 5.88 Å². The monoisotopic (exact) mass is 273 g/mol. The van der Waals surface area contributed by atoms with Gasteiger partial charge in [0.1, 0.15) is 5.82 Å². The number of ether oxygens (including phenoxy) is 1. The summed E-state index contributed by atoms with van der Waals surface area (Å²) in [6.45, 7) is 2.75. The molecule has 0 amide bonds. The summed E-state index contributed by atoms with van der Waals surface area (Å²) in [4.78, 5) is 6.88. The molecule has 0 aliphatic carbocycles. The molecular weight excluding hydrogens is 254 g/mol. The number of piperidine rings is 1. The molecule has 0 bridgehead atoms. The third kappa shape index (κ3) is 2.38. The molecule has 2 N–H and O–H groups in total. The third-order valence-corrected chi connectivity index (χ3v) is 3.96. The molecule has 0 aromatic carbocycles. The summed E-state index contributed by atoms with van der Waals surface area (Å²) in [5, 5.41) is 9.71. The number of methoxy groups -OCH3 is 1. The predicted molar refractivity (Wildman–Crippen MR) is 77.9 cm³/mol. The molecule has 0 spiro atoms. The highest BCUT2D eigenvalue weighted by Crippen LogP contribution is 2.29. The number of nitrogens with zero attached hydrogens (tertiary/aromatic N) is 4. The van der Waals surface area contributed by atoms with Gasteiger partial charge >= 0.3 is 0 Å². The zero-order valence-electron chi connectivity index (χ0n) is 11.6. The van der Waals surface area contributed by atoms with Crippen molar-refractivity contribution in [3.05, 3.63) is 18.5 Å². The maximum atomic E-state index is 5.74. The molecule has 1 aliphatic heterocycles. The number of hydrogen-bond acceptors (Lipinski definition) is 6. The van der Waals surface area contributed by atoms with Crippen LogP contribution in [0, 0.1) is 5.92 Å². The SMILES string of the molecule is COc1nc(N2CCC(CN)CC2)cc2cnncc12. The smallest absolute Gasteiger partial charge is 0.224 e. The number of pyridine rings is 1. The summed E-state index contributed by atoms with van der Waals surface area (Å²) in [7, 11) is 1.63. The second-order valence-corrected chi connectivity index (χ2v) is 5.15. The predicted octanol–water partition coefficient (Wildman–Crippen LogP) is 1.21. The average molecular weight is 273 g/mol. The normalized spacial score (nSPS) is 16.6. The van der Waals surface area contributed by atoms with E-state index < -0.39 is 0 Å². The lowest BCUT2D eigenvalue weighted by molar-refractivity contribution is 0.397. The van der Waals surface area contributed by atoms with Gasteiger partial charge in [0, 0.05) is 18.5 Å². The molecule has 1 aliphatic rings. The largest absolute Gasteiger partial charge is 0.480 e. The molecular formula is C14H19N5O. The van der Waals surface area contributed by atoms with Crippen molar-refractivity contribution in [2.45, 2.75) is 12.8 Å². The molecule has 2 aromatic heterocycles. The van der Waals surface area contributed by atoms with Crippen LogP contribution in [0.2, 0.25) is 0 Å². The van der Waals surface area contributed by atoms with E-state index in [2.05, 4.69) is 26.1 Å². The van der Waals surface area contributed by atoms with Crippen LogP contribution in [0.25, 0.3) is 10.8 Å². The quantitative estimate of drug-likeness (QED) is 0.905. The van der Waals surface area contributed by atoms with Gasteiger partial charge in [-0.25, -0.2) is 0 Å². The minimum absolute atomic E-state index is 0.605. The van der Waals surface area contributed by atoms with Crippen LogP contribution in [0.1, 0.15) is 12.8 Å². The molecule has 20 heavy (non-hydrogen) atoms. The van der Waals surface area contributed by atoms with Crippen LogP contribution in [0.3, 0.4) is 0 Å². The summed E-state index contributed by atoms with van der Waals surface area (Å²) in [5.74, 6) is 2.19. The van der Waals surface area contributed by atoms with Crippen molar-refractivity contribution in [3.8, 4) is 5.88 Å². The molecule has 106 valence electrons. The summed E-state index contributed by atoms with van der Waals surface area (Å²) in [6.07, 6.45) is 5.67. The van der Waals surface area contributed by atoms with E-state index >= 15 is 0 Å². The van der Waals surface area contributed by atoms with Crippen molar-refractivity contribution in [3.63, 3.8) is 0 Å². The third-order valence-electron chi connectivity index (χ3n) is 3.96. The lowest BCUT2D eigenvalue weighted by atomic mass is 9.97. The molecule has 0 unspecified atom stereocenters. The van der Waals surface area contributed by atoms with E-state index in [-0.39, 0.29) is 0 Å². The second-order valence-electron chi connectivity index (χ2n) is 5.15. The fraction of sp³-hybridized carbons (Fsp3) is 0.500. The molecule has 0 radical (unpaired) electrons. The molecule has 6 nitrogen and oxygen atoms in total. The van der Waals surface area contributed by atoms with Crippen molar-refractivity contribution >= 4 is 16.6 Å². The first-order valence-corrected chi connectivity index (χ1v) is 6.92. The molecule has 2 aromatic rings. The Morgan fingerprint density at radius 3 is 2.75 bits per heavy atom. The molecule has 0 saturated carbocycles. The van der Waals surface area contributed by atoms with Crippen LogP contribution in [0.15, 0.2) is 18.5 Å². The first kappa shape index (κ1) is 13.1. The maximum Gasteiger partial charge on any atom is 0.224 e. The summed E-state index contributed by atoms with van der Waals surface area (Å²) in [6, 6.07) is 2.05. The van der Waals surface area contributed by atoms with Crippen molar-refractivity contribution in [2.24, 2.45) is 11.7 Å². The highest BCUT2D eigenvalue weighted by molar-refractivity contribution is 5.87. The van der Waals surface area contributed by atoms with Gasteiger partial charge < -0.3 is 15.4 Å². The van der Waals surface area contributed by atoms with E-state index in [9.17, 15) is 0 Å². The van der Waals surface area contributed by atoms with E-state index in [1.54, 1.807) is 19.5 Å². The molecule has 3 rings (SSSR count). The van der Waals surface area contributed by atoms with Crippen LogP contribution >= 0.6 is 0 Å². The Bertz CT molecular complexity index is 595. The lowest BCUT2D eigenvalue weighted by Gasteiger charge is -2.32. The zero-order chi connectivity index (χ0) is 13.9. The summed E-state index contributed by atoms with van der Waals surface area (Å²) in [5.41, 5.74) is 5.74. The van der Waals surface area contributed by atoms with Crippen LogP contribution in [-0.2, 0) is 0 Å². The Morgan fingerprint density at radius 1 is 1.30 bits per heavy atom. The van der Waals surface area contributed by atoms with Gasteiger partial charge in [0.15, 0.2) is 0 Å². The molecule has 1 saturated heterocycles. The van der Waals surface area contributed by atoms with Crippen molar-refractivity contribution in [1.82, 2.24) is 15.2 Å². The maximum absolute atomic E-state index is 5.74. The highest BCUT2D eigenvalue weighted by Gasteiger charge is 2.20. The number of aromatic nitrogens is 3. The lowest BCUT2D eigenvalue weighted by Crippen LogP contribution is -2.36. The summed E-state index contributed by atoms with van der Waals surface area (Å²) >= 11 is 0. The Kier molecular flexibility index (Phi) is 3.64. The molecule has 1 fully saturated rings. The molecule has 3 heterocycles. The first-order valence-electron chi connectivity index (χ1n) is 6.92. The number of rotatable bonds is 3. The summed E-state index contributed by atoms with van der Waals surface area (Å²) < 4.78 is 5.38. The first-order chi connectivity index (χ1) is 9.81. The molecule has 6 heteroatoms. The van der Waals surface area contributed by atoms with Crippen LogP contribution in [0.5, 0.6) is 5.88 Å². The van der Waals surface area contributed by atoms with Gasteiger partial charge in [-0.1, -0.05) is 0 Å². The molecule has 0 atom stereocenters. The van der Waals surface area contributed by atoms with Gasteiger partial charge in [-0.05, 0) is 31.4 Å². The van der Waals surface area contributed by atoms with Crippen LogP contribution in [0.4, 0.5) is 5.82 Å². The van der Waals surface area contributed by atoms with E-state index in [0.717, 1.165) is 49.1 Å². The number of fused-ring (bicyclic) bond motifs is 1. The topological polar surface area (TPSA) is 77.2 Å². The van der Waals surface area contributed by atoms with E-state index in [1.165, 1.54) is 0 Å². The van der Waals surface area contributed by atoms with Crippen molar-refractivity contribution in [2.75, 3.05) is 31.6 Å².